The molecule has 1 fully saturated rings. The van der Waals surface area contributed by atoms with Crippen molar-refractivity contribution in [3.63, 3.8) is 0 Å². The summed E-state index contributed by atoms with van der Waals surface area (Å²) in [6.45, 7) is 4.21. The maximum Gasteiger partial charge on any atom is 0.226 e. The minimum atomic E-state index is 0.101. The number of aryl methyl sites for hydroxylation is 1. The fourth-order valence-electron chi connectivity index (χ4n) is 4.93. The number of oxazole rings is 1. The largest absolute Gasteiger partial charge is 0.493 e. The Hall–Kier alpha value is -3.88. The zero-order valence-corrected chi connectivity index (χ0v) is 20.6. The Morgan fingerprint density at radius 3 is 2.42 bits per heavy atom. The topological polar surface area (TPSA) is 62.3 Å². The molecule has 2 atom stereocenters. The van der Waals surface area contributed by atoms with Crippen molar-refractivity contribution in [3.8, 4) is 23.3 Å². The summed E-state index contributed by atoms with van der Waals surface area (Å²) in [5.41, 5.74) is 4.47. The highest BCUT2D eigenvalue weighted by Crippen LogP contribution is 2.28. The molecule has 1 saturated heterocycles. The van der Waals surface area contributed by atoms with E-state index in [1.807, 2.05) is 55.5 Å². The first-order chi connectivity index (χ1) is 17.7. The van der Waals surface area contributed by atoms with Crippen molar-refractivity contribution < 1.29 is 9.15 Å². The summed E-state index contributed by atoms with van der Waals surface area (Å²) in [5.74, 6) is 2.44. The van der Waals surface area contributed by atoms with Crippen molar-refractivity contribution in [2.75, 3.05) is 13.2 Å². The van der Waals surface area contributed by atoms with Gasteiger partial charge in [0.05, 0.1) is 24.3 Å². The minimum Gasteiger partial charge on any atom is -0.493 e. The third kappa shape index (κ3) is 5.84. The van der Waals surface area contributed by atoms with Crippen LogP contribution in [0.5, 0.6) is 5.75 Å². The van der Waals surface area contributed by atoms with Crippen LogP contribution in [0.3, 0.4) is 0 Å². The van der Waals surface area contributed by atoms with Crippen LogP contribution in [-0.4, -0.2) is 29.1 Å². The molecule has 0 N–H and O–H groups in total. The summed E-state index contributed by atoms with van der Waals surface area (Å²) in [6.07, 6.45) is 2.55. The molecule has 0 unspecified atom stereocenters. The molecule has 5 nitrogen and oxygen atoms in total. The highest BCUT2D eigenvalue weighted by atomic mass is 16.5. The normalized spacial score (nSPS) is 17.7. The van der Waals surface area contributed by atoms with Gasteiger partial charge >= 0.3 is 0 Å². The molecule has 0 radical (unpaired) electrons. The molecule has 1 aliphatic heterocycles. The molecule has 0 spiro atoms. The van der Waals surface area contributed by atoms with Gasteiger partial charge in [-0.25, -0.2) is 4.98 Å². The molecule has 3 aromatic carbocycles. The first kappa shape index (κ1) is 23.8. The molecule has 0 saturated carbocycles. The van der Waals surface area contributed by atoms with Crippen molar-refractivity contribution >= 4 is 0 Å². The van der Waals surface area contributed by atoms with E-state index in [0.717, 1.165) is 48.7 Å². The lowest BCUT2D eigenvalue weighted by molar-refractivity contribution is 0.242. The van der Waals surface area contributed by atoms with E-state index in [4.69, 9.17) is 9.15 Å². The molecule has 1 aromatic heterocycles. The van der Waals surface area contributed by atoms with E-state index in [1.54, 1.807) is 0 Å². The lowest BCUT2D eigenvalue weighted by atomic mass is 10.0. The number of rotatable bonds is 9. The summed E-state index contributed by atoms with van der Waals surface area (Å²) in [4.78, 5) is 7.11. The predicted molar refractivity (Wildman–Crippen MR) is 140 cm³/mol. The number of hydrogen-bond donors (Lipinski definition) is 0. The smallest absolute Gasteiger partial charge is 0.226 e. The van der Waals surface area contributed by atoms with Gasteiger partial charge in [0, 0.05) is 31.1 Å². The molecule has 0 bridgehead atoms. The second kappa shape index (κ2) is 11.2. The molecular weight excluding hydrogens is 446 g/mol. The van der Waals surface area contributed by atoms with Crippen molar-refractivity contribution in [3.05, 3.63) is 108 Å². The standard InChI is InChI=1S/C31H31N3O2/c1-23-30(33-31(36-23)27-10-6-3-7-11-27)16-17-35-29-14-12-24(13-15-29)18-28-19-26(20-32)22-34(28)21-25-8-4-2-5-9-25/h2-15,26,28H,16-19,21-22H2,1H3/t26-,28+/m1/s1. The SMILES string of the molecule is Cc1oc(-c2ccccc2)nc1CCOc1ccc(C[C@H]2C[C@H](C#N)CN2Cc2ccccc2)cc1. The van der Waals surface area contributed by atoms with E-state index in [2.05, 4.69) is 52.4 Å². The van der Waals surface area contributed by atoms with Gasteiger partial charge in [0.25, 0.3) is 0 Å². The summed E-state index contributed by atoms with van der Waals surface area (Å²) >= 11 is 0. The Kier molecular flexibility index (Phi) is 7.44. The zero-order valence-electron chi connectivity index (χ0n) is 20.6. The molecule has 4 aromatic rings. The van der Waals surface area contributed by atoms with Crippen LogP contribution < -0.4 is 4.74 Å². The number of aromatic nitrogens is 1. The van der Waals surface area contributed by atoms with Crippen molar-refractivity contribution in [1.29, 1.82) is 5.26 Å². The summed E-state index contributed by atoms with van der Waals surface area (Å²) in [7, 11) is 0. The average molecular weight is 478 g/mol. The van der Waals surface area contributed by atoms with Crippen LogP contribution >= 0.6 is 0 Å². The number of nitriles is 1. The number of benzene rings is 3. The average Bonchev–Trinajstić information content (AvgIpc) is 3.48. The maximum atomic E-state index is 9.51. The van der Waals surface area contributed by atoms with Gasteiger partial charge in [0.1, 0.15) is 11.5 Å². The molecule has 5 heteroatoms. The number of hydrogen-bond acceptors (Lipinski definition) is 5. The quantitative estimate of drug-likeness (QED) is 0.286. The molecular formula is C31H31N3O2. The van der Waals surface area contributed by atoms with Gasteiger partial charge < -0.3 is 9.15 Å². The second-order valence-electron chi connectivity index (χ2n) is 9.47. The monoisotopic (exact) mass is 477 g/mol. The highest BCUT2D eigenvalue weighted by Gasteiger charge is 2.32. The van der Waals surface area contributed by atoms with Gasteiger partial charge in [-0.15, -0.1) is 0 Å². The Labute approximate surface area is 213 Å². The van der Waals surface area contributed by atoms with Crippen LogP contribution in [-0.2, 0) is 19.4 Å². The predicted octanol–water partition coefficient (Wildman–Crippen LogP) is 6.23. The van der Waals surface area contributed by atoms with Gasteiger partial charge in [0.15, 0.2) is 0 Å². The minimum absolute atomic E-state index is 0.101. The van der Waals surface area contributed by atoms with E-state index in [1.165, 1.54) is 11.1 Å². The summed E-state index contributed by atoms with van der Waals surface area (Å²) in [5, 5.41) is 9.51. The lowest BCUT2D eigenvalue weighted by Gasteiger charge is -2.24. The van der Waals surface area contributed by atoms with Crippen LogP contribution in [0, 0.1) is 24.2 Å². The van der Waals surface area contributed by atoms with Crippen molar-refractivity contribution in [2.24, 2.45) is 5.92 Å². The third-order valence-electron chi connectivity index (χ3n) is 6.85. The third-order valence-corrected chi connectivity index (χ3v) is 6.85. The van der Waals surface area contributed by atoms with Crippen molar-refractivity contribution in [1.82, 2.24) is 9.88 Å². The van der Waals surface area contributed by atoms with Gasteiger partial charge in [-0.3, -0.25) is 4.90 Å². The van der Waals surface area contributed by atoms with Gasteiger partial charge in [-0.1, -0.05) is 60.7 Å². The van der Waals surface area contributed by atoms with E-state index >= 15 is 0 Å². The number of nitrogens with zero attached hydrogens (tertiary/aromatic N) is 3. The first-order valence-corrected chi connectivity index (χ1v) is 12.6. The van der Waals surface area contributed by atoms with E-state index in [9.17, 15) is 5.26 Å². The first-order valence-electron chi connectivity index (χ1n) is 12.6. The molecule has 182 valence electrons. The van der Waals surface area contributed by atoms with E-state index in [0.29, 0.717) is 25.0 Å². The Morgan fingerprint density at radius 1 is 0.972 bits per heavy atom. The van der Waals surface area contributed by atoms with Gasteiger partial charge in [-0.05, 0) is 55.2 Å². The summed E-state index contributed by atoms with van der Waals surface area (Å²) in [6, 6.07) is 31.7. The maximum absolute atomic E-state index is 9.51. The Balaban J connectivity index is 1.15. The van der Waals surface area contributed by atoms with Gasteiger partial charge in [0.2, 0.25) is 5.89 Å². The van der Waals surface area contributed by atoms with Crippen LogP contribution in [0.4, 0.5) is 0 Å². The highest BCUT2D eigenvalue weighted by molar-refractivity contribution is 5.53. The van der Waals surface area contributed by atoms with E-state index in [-0.39, 0.29) is 5.92 Å². The van der Waals surface area contributed by atoms with Crippen LogP contribution in [0.1, 0.15) is 29.0 Å². The van der Waals surface area contributed by atoms with Crippen LogP contribution in [0.2, 0.25) is 0 Å². The molecule has 36 heavy (non-hydrogen) atoms. The molecule has 1 aliphatic rings. The zero-order chi connectivity index (χ0) is 24.7. The fraction of sp³-hybridized carbons (Fsp3) is 0.290. The van der Waals surface area contributed by atoms with Crippen molar-refractivity contribution in [2.45, 2.75) is 38.8 Å². The fourth-order valence-corrected chi connectivity index (χ4v) is 4.93. The molecule has 2 heterocycles. The Morgan fingerprint density at radius 2 is 1.69 bits per heavy atom. The van der Waals surface area contributed by atoms with Gasteiger partial charge in [-0.2, -0.15) is 5.26 Å². The second-order valence-corrected chi connectivity index (χ2v) is 9.47. The molecule has 0 amide bonds. The number of likely N-dealkylation sites (tertiary alicyclic amines) is 1. The van der Waals surface area contributed by atoms with E-state index < -0.39 is 0 Å². The molecule has 0 aliphatic carbocycles. The Bertz CT molecular complexity index is 1290. The summed E-state index contributed by atoms with van der Waals surface area (Å²) < 4.78 is 11.9. The van der Waals surface area contributed by atoms with Crippen LogP contribution in [0.25, 0.3) is 11.5 Å². The van der Waals surface area contributed by atoms with Crippen LogP contribution in [0.15, 0.2) is 89.3 Å². The molecule has 5 rings (SSSR count). The number of ether oxygens (including phenoxy) is 1. The lowest BCUT2D eigenvalue weighted by Crippen LogP contribution is -2.30.